The molecule has 9 N–H and O–H groups in total. The molecular weight excluding hydrogens is 1290 g/mol. The molecular formula is C72H105N11O17. The molecule has 100 heavy (non-hydrogen) atoms. The van der Waals surface area contributed by atoms with Gasteiger partial charge in [0.05, 0.1) is 48.9 Å². The first kappa shape index (κ1) is 81.8. The third-order valence-corrected chi connectivity index (χ3v) is 19.2. The lowest BCUT2D eigenvalue weighted by molar-refractivity contribution is -0.145. The summed E-state index contributed by atoms with van der Waals surface area (Å²) in [5.41, 5.74) is 6.69. The number of anilines is 1. The van der Waals surface area contributed by atoms with Crippen LogP contribution < -0.4 is 37.6 Å². The van der Waals surface area contributed by atoms with Crippen LogP contribution in [0, 0.1) is 41.4 Å². The number of ketones is 1. The second-order valence-corrected chi connectivity index (χ2v) is 27.4. The number of urea groups is 1. The fourth-order valence-electron chi connectivity index (χ4n) is 13.3. The third kappa shape index (κ3) is 22.3. The maximum absolute atomic E-state index is 14.9. The number of methoxy groups -OCH3 is 2. The summed E-state index contributed by atoms with van der Waals surface area (Å²) in [6.07, 6.45) is 3.27. The zero-order valence-electron chi connectivity index (χ0n) is 60.2. The van der Waals surface area contributed by atoms with Crippen LogP contribution in [0.1, 0.15) is 144 Å². The van der Waals surface area contributed by atoms with Crippen LogP contribution in [-0.2, 0) is 73.6 Å². The van der Waals surface area contributed by atoms with Crippen molar-refractivity contribution in [2.45, 2.75) is 194 Å². The molecule has 5 rings (SSSR count). The number of Topliss-reactive ketones (excluding diaryl/α,β-unsaturated/α-hetero) is 1. The average molecular weight is 1400 g/mol. The van der Waals surface area contributed by atoms with E-state index in [0.29, 0.717) is 30.4 Å². The Morgan fingerprint density at radius 1 is 0.680 bits per heavy atom. The van der Waals surface area contributed by atoms with Gasteiger partial charge in [0, 0.05) is 83.6 Å². The maximum atomic E-state index is 14.9. The van der Waals surface area contributed by atoms with E-state index in [4.69, 9.17) is 19.9 Å². The summed E-state index contributed by atoms with van der Waals surface area (Å²) < 4.78 is 17.8. The Bertz CT molecular complexity index is 3230. The zero-order valence-corrected chi connectivity index (χ0v) is 60.2. The van der Waals surface area contributed by atoms with Gasteiger partial charge in [-0.1, -0.05) is 118 Å². The summed E-state index contributed by atoms with van der Waals surface area (Å²) >= 11 is 0. The zero-order chi connectivity index (χ0) is 74.4. The van der Waals surface area contributed by atoms with Crippen LogP contribution in [-0.4, -0.2) is 198 Å². The maximum Gasteiger partial charge on any atom is 0.410 e. The Labute approximate surface area is 586 Å². The fraction of sp³-hybridized carbons (Fsp3) is 0.597. The summed E-state index contributed by atoms with van der Waals surface area (Å²) in [7, 11) is 6.09. The number of nitrogens with zero attached hydrogens (tertiary/aromatic N) is 4. The number of carbonyl (C=O) groups excluding carboxylic acids is 13. The molecule has 1 saturated carbocycles. The highest BCUT2D eigenvalue weighted by atomic mass is 16.6. The quantitative estimate of drug-likeness (QED) is 0.0335. The number of imide groups is 2. The number of amides is 13. The molecule has 2 aromatic rings. The van der Waals surface area contributed by atoms with Gasteiger partial charge in [-0.2, -0.15) is 0 Å². The molecule has 0 spiro atoms. The number of primary amides is 1. The van der Waals surface area contributed by atoms with E-state index in [1.54, 1.807) is 91.6 Å². The SMILES string of the molecule is CC[C@H](C)[C@@H]([C@@H](CC(=O)C1CCC[C@H]1[C@H](OC)[C@@H](C)C(=O)N[C@H](C)[C@@H](O)c1ccccc1)OC)N(C)C(=O)[C@@H](NC(=O)[C@H](C(C)C)N(C)C(=O)OCc1ccc(NC(=O)[C@H](CCCNC(N)=O)NC(=O)[C@@H](NC(=O)CCC(CN2C(=O)C=CC2=O)N2C(=O)C=CC2=O)C(C)C)cc1)C(C)C. The number of benzene rings is 2. The van der Waals surface area contributed by atoms with Gasteiger partial charge in [-0.25, -0.2) is 9.59 Å². The monoisotopic (exact) mass is 1400 g/mol. The molecule has 0 saturated heterocycles. The second-order valence-electron chi connectivity index (χ2n) is 27.4. The van der Waals surface area contributed by atoms with Crippen LogP contribution in [0.25, 0.3) is 0 Å². The molecule has 550 valence electrons. The van der Waals surface area contributed by atoms with Gasteiger partial charge in [-0.15, -0.1) is 0 Å². The van der Waals surface area contributed by atoms with E-state index in [2.05, 4.69) is 31.9 Å². The molecule has 1 aliphatic carbocycles. The number of nitrogens with two attached hydrogens (primary N) is 1. The van der Waals surface area contributed by atoms with Gasteiger partial charge in [-0.3, -0.25) is 67.4 Å². The largest absolute Gasteiger partial charge is 0.445 e. The summed E-state index contributed by atoms with van der Waals surface area (Å²) in [6, 6.07) is 7.60. The molecule has 0 radical (unpaired) electrons. The Balaban J connectivity index is 1.19. The number of ether oxygens (including phenoxy) is 3. The van der Waals surface area contributed by atoms with E-state index in [9.17, 15) is 67.4 Å². The lowest BCUT2D eigenvalue weighted by Crippen LogP contribution is -2.60. The predicted octanol–water partition coefficient (Wildman–Crippen LogP) is 4.58. The van der Waals surface area contributed by atoms with Gasteiger partial charge in [0.25, 0.3) is 23.6 Å². The lowest BCUT2D eigenvalue weighted by Gasteiger charge is -2.40. The fourth-order valence-corrected chi connectivity index (χ4v) is 13.3. The third-order valence-electron chi connectivity index (χ3n) is 19.2. The minimum Gasteiger partial charge on any atom is -0.445 e. The van der Waals surface area contributed by atoms with Gasteiger partial charge in [0.1, 0.15) is 36.6 Å². The molecule has 13 amide bonds. The molecule has 2 aliphatic heterocycles. The van der Waals surface area contributed by atoms with Crippen molar-refractivity contribution in [2.24, 2.45) is 47.2 Å². The van der Waals surface area contributed by atoms with Gasteiger partial charge >= 0.3 is 12.1 Å². The minimum absolute atomic E-state index is 0.000883. The van der Waals surface area contributed by atoms with Gasteiger partial charge in [0.2, 0.25) is 35.4 Å². The van der Waals surface area contributed by atoms with Gasteiger partial charge in [-0.05, 0) is 91.9 Å². The number of likely N-dealkylation sites (N-methyl/N-ethyl adjacent to an activating group) is 2. The van der Waals surface area contributed by atoms with Gasteiger partial charge in [0.15, 0.2) is 0 Å². The van der Waals surface area contributed by atoms with Crippen molar-refractivity contribution < 1.29 is 81.6 Å². The summed E-state index contributed by atoms with van der Waals surface area (Å²) in [5.74, 6) is -9.17. The topological polar surface area (TPSA) is 381 Å². The highest BCUT2D eigenvalue weighted by Crippen LogP contribution is 2.40. The van der Waals surface area contributed by atoms with Crippen molar-refractivity contribution >= 4 is 82.7 Å². The molecule has 1 fully saturated rings. The number of aliphatic hydroxyl groups excluding tert-OH is 1. The first-order chi connectivity index (χ1) is 47.3. The Morgan fingerprint density at radius 3 is 1.85 bits per heavy atom. The van der Waals surface area contributed by atoms with E-state index >= 15 is 0 Å². The molecule has 14 atom stereocenters. The first-order valence-corrected chi connectivity index (χ1v) is 34.5. The van der Waals surface area contributed by atoms with E-state index in [-0.39, 0.29) is 81.0 Å². The Morgan fingerprint density at radius 2 is 1.29 bits per heavy atom. The van der Waals surface area contributed by atoms with E-state index in [1.165, 1.54) is 33.4 Å². The number of carbonyl (C=O) groups is 13. The highest BCUT2D eigenvalue weighted by Gasteiger charge is 2.46. The van der Waals surface area contributed by atoms with Crippen LogP contribution >= 0.6 is 0 Å². The molecule has 0 bridgehead atoms. The lowest BCUT2D eigenvalue weighted by atomic mass is 9.79. The molecule has 2 heterocycles. The van der Waals surface area contributed by atoms with Crippen LogP contribution in [0.15, 0.2) is 78.9 Å². The van der Waals surface area contributed by atoms with Crippen molar-refractivity contribution in [3.8, 4) is 0 Å². The highest BCUT2D eigenvalue weighted by molar-refractivity contribution is 6.14. The molecule has 3 aliphatic rings. The summed E-state index contributed by atoms with van der Waals surface area (Å²) in [5, 5.41) is 27.4. The first-order valence-electron chi connectivity index (χ1n) is 34.5. The summed E-state index contributed by atoms with van der Waals surface area (Å²) in [6.45, 7) is 17.3. The molecule has 2 unspecified atom stereocenters. The smallest absolute Gasteiger partial charge is 0.410 e. The van der Waals surface area contributed by atoms with E-state index in [0.717, 1.165) is 45.4 Å². The van der Waals surface area contributed by atoms with E-state index in [1.807, 2.05) is 32.0 Å². The Hall–Kier alpha value is -8.89. The molecule has 28 nitrogen and oxygen atoms in total. The predicted molar refractivity (Wildman–Crippen MR) is 370 cm³/mol. The molecule has 2 aromatic carbocycles. The minimum atomic E-state index is -1.22. The molecule has 28 heteroatoms. The average Bonchev–Trinajstić information content (AvgIpc) is 1.45. The number of rotatable bonds is 39. The summed E-state index contributed by atoms with van der Waals surface area (Å²) in [4.78, 5) is 179. The Kier molecular flexibility index (Phi) is 31.6. The second kappa shape index (κ2) is 38.6. The van der Waals surface area contributed by atoms with Crippen LogP contribution in [0.5, 0.6) is 0 Å². The number of nitrogens with one attached hydrogen (secondary N) is 6. The number of aliphatic hydroxyl groups is 1. The van der Waals surface area contributed by atoms with Crippen LogP contribution in [0.2, 0.25) is 0 Å². The number of hydrogen-bond donors (Lipinski definition) is 8. The van der Waals surface area contributed by atoms with Crippen molar-refractivity contribution in [1.29, 1.82) is 0 Å². The van der Waals surface area contributed by atoms with Gasteiger partial charge < -0.3 is 61.9 Å². The van der Waals surface area contributed by atoms with Crippen LogP contribution in [0.3, 0.4) is 0 Å². The van der Waals surface area contributed by atoms with Crippen molar-refractivity contribution in [1.82, 2.24) is 46.2 Å². The van der Waals surface area contributed by atoms with Crippen molar-refractivity contribution in [3.05, 3.63) is 90.0 Å². The standard InChI is InChI=1S/C72H105N11O17/c1-15-43(8)63(54(98-13)37-53(84)50-23-19-24-51(50)65(99-14)44(9)66(91)75-45(10)64(90)47-21-17-16-18-22-47)80(11)70(95)61(41(4)5)79-69(94)62(42(6)7)81(12)72(97)100-39-46-26-28-48(29-27-46)76-67(92)52(25-20-36-74-71(73)96)77-68(93)60(40(2)3)78-55(85)31-30-49(83-58(88)34-35-59(83)89)38-82-56(86)32-33-57(82)87/h16-18,21-22,26-29,32-35,40-45,49-52,54,60-65,90H,15,19-20,23-25,30-31,36-39H2,1-14H3,(H,75,91)(H,76,92)(H,77,93)(H,78,85)(H,79,94)(H3,73,74,96)/t43-,44+,45+,49?,50?,51+,52-,54+,60-,61-,62-,63-,64+,65+/m0/s1. The number of hydrogen-bond acceptors (Lipinski definition) is 17. The van der Waals surface area contributed by atoms with Crippen LogP contribution in [0.4, 0.5) is 15.3 Å². The van der Waals surface area contributed by atoms with Crippen molar-refractivity contribution in [3.63, 3.8) is 0 Å². The normalized spacial score (nSPS) is 18.8. The van der Waals surface area contributed by atoms with E-state index < -0.39 is 155 Å². The van der Waals surface area contributed by atoms with Crippen molar-refractivity contribution in [2.75, 3.05) is 46.7 Å². The molecule has 0 aromatic heterocycles.